The van der Waals surface area contributed by atoms with E-state index >= 15 is 0 Å². The van der Waals surface area contributed by atoms with Gasteiger partial charge in [0.15, 0.2) is 0 Å². The average Bonchev–Trinajstić information content (AvgIpc) is 1.32. The molecule has 47 nitrogen and oxygen atoms in total. The van der Waals surface area contributed by atoms with Crippen molar-refractivity contribution in [3.05, 3.63) is 130 Å². The zero-order valence-corrected chi connectivity index (χ0v) is 56.2. The van der Waals surface area contributed by atoms with Gasteiger partial charge in [0.1, 0.15) is 97.7 Å². The quantitative estimate of drug-likeness (QED) is 0.0412. The second-order valence-corrected chi connectivity index (χ2v) is 38.5. The van der Waals surface area contributed by atoms with E-state index in [0.29, 0.717) is 0 Å². The van der Waals surface area contributed by atoms with Crippen molar-refractivity contribution in [3.8, 4) is 0 Å². The highest BCUT2D eigenvalue weighted by molar-refractivity contribution is 8.36. The van der Waals surface area contributed by atoms with Crippen molar-refractivity contribution in [2.45, 2.75) is 97.7 Å². The maximum atomic E-state index is 11.8. The van der Waals surface area contributed by atoms with Crippen molar-refractivity contribution in [1.82, 2.24) is 39.9 Å². The average molecular weight is 1600 g/mol. The van der Waals surface area contributed by atoms with Crippen LogP contribution in [0.15, 0.2) is 63.1 Å². The molecule has 0 aromatic carbocycles. The molecule has 0 aliphatic carbocycles. The van der Waals surface area contributed by atoms with Crippen molar-refractivity contribution in [3.63, 3.8) is 0 Å². The molecule has 0 spiro atoms. The number of H-pyrrole nitrogens is 8. The maximum Gasteiger partial charge on any atom is 0.488 e. The van der Waals surface area contributed by atoms with Crippen LogP contribution in [0.1, 0.15) is 46.7 Å². The molecule has 23 N–H and O–H groups in total. The first kappa shape index (κ1) is 81.1. The lowest BCUT2D eigenvalue weighted by Gasteiger charge is -2.30. The topological polar surface area (TPSA) is 745 Å². The number of phosphoric acid groups is 4. The van der Waals surface area contributed by atoms with Gasteiger partial charge in [-0.05, 0) is 57.9 Å². The highest BCUT2D eigenvalue weighted by Gasteiger charge is 2.53. The third-order valence-electron chi connectivity index (χ3n) is 12.5. The summed E-state index contributed by atoms with van der Waals surface area (Å²) in [6, 6.07) is 0. The van der Waals surface area contributed by atoms with Crippen LogP contribution >= 0.6 is 72.2 Å². The van der Waals surface area contributed by atoms with E-state index in [0.717, 1.165) is 24.8 Å². The molecule has 9 heterocycles. The van der Waals surface area contributed by atoms with E-state index in [1.54, 1.807) is 0 Å². The van der Waals surface area contributed by atoms with Crippen LogP contribution in [-0.2, 0) is 108 Å². The smallest absolute Gasteiger partial charge is 0.394 e. The van der Waals surface area contributed by atoms with Gasteiger partial charge < -0.3 is 128 Å². The van der Waals surface area contributed by atoms with Crippen molar-refractivity contribution < 1.29 is 148 Å². The molecule has 0 bridgehead atoms. The summed E-state index contributed by atoms with van der Waals surface area (Å²) < 4.78 is 101. The van der Waals surface area contributed by atoms with Gasteiger partial charge in [-0.2, -0.15) is 8.62 Å². The van der Waals surface area contributed by atoms with Crippen molar-refractivity contribution >= 4 is 108 Å². The molecule has 5 aliphatic heterocycles. The van der Waals surface area contributed by atoms with Gasteiger partial charge in [-0.15, -0.1) is 0 Å². The molecular formula is C36H51Cl2N8O39P7S3. The second-order valence-electron chi connectivity index (χ2n) is 19.1. The third kappa shape index (κ3) is 22.5. The van der Waals surface area contributed by atoms with Crippen LogP contribution in [0.3, 0.4) is 0 Å². The summed E-state index contributed by atoms with van der Waals surface area (Å²) in [5.74, 6) is 0. The number of hydrogen-bond acceptors (Lipinski definition) is 36. The van der Waals surface area contributed by atoms with Gasteiger partial charge in [0.2, 0.25) is 4.97 Å². The van der Waals surface area contributed by atoms with Crippen LogP contribution < -0.4 is 45.0 Å². The highest BCUT2D eigenvalue weighted by Crippen LogP contribution is 2.80. The molecule has 20 atom stereocenters. The first-order valence-corrected chi connectivity index (χ1v) is 40.7. The number of nitrogens with one attached hydrogen (secondary N) is 8. The first-order chi connectivity index (χ1) is 43.6. The van der Waals surface area contributed by atoms with Gasteiger partial charge >= 0.3 is 67.5 Å². The standard InChI is InChI=1S/C9H11Cl2N2O6PS.C9H15N2O14P3S.C9H13N2O13P3S.C9H12N2O6/c10-20(11,21)18-2-4-5(14)6(15)7(19-4)3-1-12-9(17)13-8(3)16;12-5-4(2-22-28(21,29)25-27(19,20)24-26(16,17)18)23-7(6(5)13)3-1-10-9(15)11-8(3)14;12-5-4(2-20-27(28)23-25(16,17)22-26(18,19)24-27)21-7(6(5)13)3-1-10-9(15)11-8(3)14;12-2-4-5(13)6(14)7(17-4)3-1-10-9(16)11-8(3)15/h1,4-7,14-15H,2H2,(H2,12,13,16,17);1,4-7,12-13H,2H2,(H,19,20)(H,21,29)(H2,16,17,18)(H2,10,11,14,15);1,4-7,12-13H,2H2,(H,16,17)(H,18,19)(H2,10,11,14,15);1,4-7,12-14H,2H2,(H2,10,11,15,16)/t4-,5+,6?,7+;4-,5+,6?,7+,28?;2*4-,5+,6?,7+/m1111/s1. The van der Waals surface area contributed by atoms with Crippen LogP contribution in [0.2, 0.25) is 0 Å². The monoisotopic (exact) mass is 1600 g/mol. The molecule has 5 saturated heterocycles. The molecule has 536 valence electrons. The van der Waals surface area contributed by atoms with Crippen LogP contribution in [0, 0.1) is 0 Å². The minimum Gasteiger partial charge on any atom is -0.394 e. The van der Waals surface area contributed by atoms with Crippen LogP contribution in [-0.4, -0.2) is 215 Å². The number of ether oxygens (including phenoxy) is 4. The number of halogens is 2. The summed E-state index contributed by atoms with van der Waals surface area (Å²) in [5, 5.41) is 88.1. The normalized spacial score (nSPS) is 34.3. The lowest BCUT2D eigenvalue weighted by molar-refractivity contribution is -0.0232. The fourth-order valence-corrected chi connectivity index (χ4v) is 19.8. The summed E-state index contributed by atoms with van der Waals surface area (Å²) in [7, 11) is -21.1. The van der Waals surface area contributed by atoms with Gasteiger partial charge in [-0.3, -0.25) is 39.1 Å². The molecule has 0 radical (unpaired) electrons. The van der Waals surface area contributed by atoms with Crippen LogP contribution in [0.5, 0.6) is 0 Å². The van der Waals surface area contributed by atoms with Gasteiger partial charge in [-0.25, -0.2) is 50.4 Å². The predicted molar refractivity (Wildman–Crippen MR) is 318 cm³/mol. The van der Waals surface area contributed by atoms with E-state index in [-0.39, 0.29) is 28.9 Å². The summed E-state index contributed by atoms with van der Waals surface area (Å²) in [4.78, 5) is 159. The van der Waals surface area contributed by atoms with E-state index < -0.39 is 212 Å². The molecule has 0 amide bonds. The summed E-state index contributed by atoms with van der Waals surface area (Å²) in [6.45, 7) is -11.2. The van der Waals surface area contributed by atoms with E-state index in [4.69, 9.17) is 82.1 Å². The Kier molecular flexibility index (Phi) is 27.6. The second kappa shape index (κ2) is 32.4. The Bertz CT molecular complexity index is 4230. The molecule has 0 saturated carbocycles. The zero-order valence-electron chi connectivity index (χ0n) is 46.0. The molecule has 5 aliphatic rings. The predicted octanol–water partition coefficient (Wildman–Crippen LogP) is -6.42. The molecule has 4 aromatic heterocycles. The number of aromatic nitrogens is 8. The number of aliphatic hydroxyl groups excluding tert-OH is 9. The van der Waals surface area contributed by atoms with E-state index in [2.05, 4.69) is 69.6 Å². The van der Waals surface area contributed by atoms with Gasteiger partial charge in [0.05, 0.1) is 48.7 Å². The molecule has 9 rings (SSSR count). The Morgan fingerprint density at radius 3 is 1.05 bits per heavy atom. The lowest BCUT2D eigenvalue weighted by atomic mass is 10.0. The minimum atomic E-state index is -5.52. The Labute approximate surface area is 547 Å². The lowest BCUT2D eigenvalue weighted by Crippen LogP contribution is -2.34. The van der Waals surface area contributed by atoms with E-state index in [1.807, 2.05) is 19.9 Å². The van der Waals surface area contributed by atoms with Crippen molar-refractivity contribution in [1.29, 1.82) is 0 Å². The summed E-state index contributed by atoms with van der Waals surface area (Å²) >= 11 is 24.9. The first-order valence-electron chi connectivity index (χ1n) is 25.1. The Hall–Kier alpha value is -2.91. The van der Waals surface area contributed by atoms with Crippen molar-refractivity contribution in [2.24, 2.45) is 0 Å². The summed E-state index contributed by atoms with van der Waals surface area (Å²) in [5.41, 5.74) is -6.67. The molecule has 59 heteroatoms. The number of hydrogen-bond donors (Lipinski definition) is 23. The molecular weight excluding hydrogens is 1550 g/mol. The van der Waals surface area contributed by atoms with Crippen LogP contribution in [0.25, 0.3) is 0 Å². The Morgan fingerprint density at radius 2 is 0.768 bits per heavy atom. The number of aromatic amines is 8. The van der Waals surface area contributed by atoms with E-state index in [1.165, 1.54) is 0 Å². The molecule has 5 fully saturated rings. The van der Waals surface area contributed by atoms with Gasteiger partial charge in [0, 0.05) is 24.8 Å². The Morgan fingerprint density at radius 1 is 0.474 bits per heavy atom. The minimum absolute atomic E-state index is 0.00731. The number of aliphatic hydroxyl groups is 9. The fraction of sp³-hybridized carbons (Fsp3) is 0.556. The van der Waals surface area contributed by atoms with Crippen LogP contribution in [0.4, 0.5) is 0 Å². The fourth-order valence-electron chi connectivity index (χ4n) is 8.38. The van der Waals surface area contributed by atoms with Crippen molar-refractivity contribution in [2.75, 3.05) is 26.4 Å². The molecule has 8 unspecified atom stereocenters. The van der Waals surface area contributed by atoms with E-state index in [9.17, 15) is 112 Å². The van der Waals surface area contributed by atoms with Gasteiger partial charge in [0.25, 0.3) is 22.2 Å². The third-order valence-corrected chi connectivity index (χ3v) is 25.4. The Balaban J connectivity index is 0.000000204. The highest BCUT2D eigenvalue weighted by atomic mass is 35.9. The molecule has 95 heavy (non-hydrogen) atoms. The zero-order chi connectivity index (χ0) is 71.5. The maximum absolute atomic E-state index is 11.8. The SMILES string of the molecule is O=c1[nH]cc([C@@H]2O[C@H](CO)[C@H](O)C2O)c(=O)[nH]1.O=c1[nH]cc([C@@H]2O[C@H](COP(=S)(Cl)Cl)[C@H](O)C2O)c(=O)[nH]1.O=c1[nH]cc([C@@H]2O[C@H](COP(O)(=S)OP(=O)(O)OP(=O)(O)O)[C@H](O)C2O)c(=O)[nH]1.O=c1[nH]cc([C@@H]2O[C@H](COP3(=S)OP(=O)(O)OP(=O)(O)O3)[C@H](O)C2O)c(=O)[nH]1. The number of rotatable bonds is 18. The largest absolute Gasteiger partial charge is 0.488 e. The molecule has 4 aromatic rings. The summed E-state index contributed by atoms with van der Waals surface area (Å²) in [6.07, 6.45) is -17.5. The van der Waals surface area contributed by atoms with Gasteiger partial charge in [-0.1, -0.05) is 0 Å².